The maximum Gasteiger partial charge on any atom is 0.121 e. The summed E-state index contributed by atoms with van der Waals surface area (Å²) in [6, 6.07) is 0. The van der Waals surface area contributed by atoms with E-state index in [-0.39, 0.29) is 5.60 Å². The van der Waals surface area contributed by atoms with Gasteiger partial charge in [0.2, 0.25) is 0 Å². The topological polar surface area (TPSA) is 9.23 Å². The van der Waals surface area contributed by atoms with Gasteiger partial charge in [-0.15, -0.1) is 27.7 Å². The first-order valence-electron chi connectivity index (χ1n) is 5.06. The summed E-state index contributed by atoms with van der Waals surface area (Å²) in [7, 11) is 14.2. The number of hydrogen-bond donors (Lipinski definition) is 0. The molecule has 2 radical (unpaired) electrons. The zero-order valence-corrected chi connectivity index (χ0v) is 13.7. The normalized spacial score (nSPS) is 11.7. The van der Waals surface area contributed by atoms with Gasteiger partial charge in [-0.05, 0) is 49.3 Å². The van der Waals surface area contributed by atoms with Gasteiger partial charge in [0.15, 0.2) is 0 Å². The highest BCUT2D eigenvalue weighted by Crippen LogP contribution is 2.17. The fourth-order valence-electron chi connectivity index (χ4n) is 1.35. The van der Waals surface area contributed by atoms with Gasteiger partial charge in [-0.2, -0.15) is 0 Å². The Bertz CT molecular complexity index is 395. The number of benzene rings is 1. The van der Waals surface area contributed by atoms with Crippen LogP contribution < -0.4 is 26.1 Å². The van der Waals surface area contributed by atoms with Crippen LogP contribution >= 0.6 is 27.7 Å². The van der Waals surface area contributed by atoms with Crippen LogP contribution in [0, 0.1) is 6.92 Å². The molecule has 86 valence electrons. The van der Waals surface area contributed by atoms with Crippen LogP contribution in [0.4, 0.5) is 0 Å². The van der Waals surface area contributed by atoms with Crippen LogP contribution in [0.25, 0.3) is 0 Å². The summed E-state index contributed by atoms with van der Waals surface area (Å²) in [5.74, 6) is 0.762. The second-order valence-electron chi connectivity index (χ2n) is 4.82. The molecule has 0 spiro atoms. The molecule has 1 aromatic rings. The predicted octanol–water partition coefficient (Wildman–Crippen LogP) is 0.467. The van der Waals surface area contributed by atoms with Crippen LogP contribution in [0.1, 0.15) is 26.3 Å². The monoisotopic (exact) mass is 270 g/mol. The summed E-state index contributed by atoms with van der Waals surface area (Å²) < 4.78 is 5.91. The SMILES string of the molecule is [B]c1c(P)c(C)c(P)c(P)c1OC(C)(C)C. The Hall–Kier alpha value is 0.375. The van der Waals surface area contributed by atoms with Gasteiger partial charge in [0.25, 0.3) is 0 Å². The van der Waals surface area contributed by atoms with E-state index < -0.39 is 0 Å². The first-order valence-corrected chi connectivity index (χ1v) is 6.79. The minimum absolute atomic E-state index is 0.247. The fraction of sp³-hybridized carbons (Fsp3) is 0.455. The lowest BCUT2D eigenvalue weighted by Crippen LogP contribution is -2.39. The van der Waals surface area contributed by atoms with E-state index in [1.54, 1.807) is 0 Å². The molecule has 0 saturated heterocycles. The molecule has 0 aliphatic rings. The molecular weight excluding hydrogens is 252 g/mol. The van der Waals surface area contributed by atoms with E-state index in [1.807, 2.05) is 20.8 Å². The molecule has 0 heterocycles. The molecule has 1 aromatic carbocycles. The molecule has 5 heteroatoms. The first kappa shape index (κ1) is 14.4. The number of ether oxygens (including phenoxy) is 1. The molecule has 0 saturated carbocycles. The van der Waals surface area contributed by atoms with Crippen molar-refractivity contribution in [3.05, 3.63) is 5.56 Å². The number of rotatable bonds is 1. The quantitative estimate of drug-likeness (QED) is 0.532. The first-order chi connectivity index (χ1) is 7.15. The Kier molecular flexibility index (Phi) is 4.45. The van der Waals surface area contributed by atoms with Crippen molar-refractivity contribution in [2.75, 3.05) is 0 Å². The lowest BCUT2D eigenvalue weighted by atomic mass is 9.92. The molecule has 0 N–H and O–H groups in total. The maximum atomic E-state index is 6.09. The van der Waals surface area contributed by atoms with Gasteiger partial charge in [0.05, 0.1) is 0 Å². The van der Waals surface area contributed by atoms with Crippen molar-refractivity contribution in [2.45, 2.75) is 33.3 Å². The van der Waals surface area contributed by atoms with E-state index in [4.69, 9.17) is 12.6 Å². The van der Waals surface area contributed by atoms with Crippen LogP contribution in [-0.2, 0) is 0 Å². The smallest absolute Gasteiger partial charge is 0.121 e. The molecule has 0 amide bonds. The van der Waals surface area contributed by atoms with E-state index in [0.29, 0.717) is 5.46 Å². The molecule has 0 aromatic heterocycles. The molecule has 0 fully saturated rings. The van der Waals surface area contributed by atoms with Gasteiger partial charge in [-0.1, -0.05) is 0 Å². The second-order valence-corrected chi connectivity index (χ2v) is 6.56. The van der Waals surface area contributed by atoms with E-state index in [0.717, 1.165) is 21.7 Å². The van der Waals surface area contributed by atoms with Crippen molar-refractivity contribution in [1.29, 1.82) is 0 Å². The van der Waals surface area contributed by atoms with E-state index >= 15 is 0 Å². The Balaban J connectivity index is 3.40. The molecule has 1 nitrogen and oxygen atoms in total. The highest BCUT2D eigenvalue weighted by Gasteiger charge is 2.18. The van der Waals surface area contributed by atoms with Gasteiger partial charge in [0, 0.05) is 5.30 Å². The zero-order chi connectivity index (χ0) is 12.7. The predicted molar refractivity (Wildman–Crippen MR) is 85.0 cm³/mol. The Labute approximate surface area is 107 Å². The molecule has 0 aliphatic carbocycles. The molecule has 0 bridgehead atoms. The molecular formula is C11H18BOP3. The van der Waals surface area contributed by atoms with E-state index in [9.17, 15) is 0 Å². The second kappa shape index (κ2) is 4.93. The van der Waals surface area contributed by atoms with Crippen molar-refractivity contribution in [2.24, 2.45) is 0 Å². The van der Waals surface area contributed by atoms with Crippen molar-refractivity contribution < 1.29 is 4.74 Å². The third kappa shape index (κ3) is 2.98. The Morgan fingerprint density at radius 1 is 1.00 bits per heavy atom. The van der Waals surface area contributed by atoms with Crippen LogP contribution in [-0.4, -0.2) is 13.4 Å². The van der Waals surface area contributed by atoms with Crippen molar-refractivity contribution in [3.63, 3.8) is 0 Å². The van der Waals surface area contributed by atoms with Crippen molar-refractivity contribution >= 4 is 56.9 Å². The standard InChI is InChI=1S/C11H18BOP3/c1-5-8(14)6(12)7(10(16)9(5)15)13-11(2,3)4/h14-16H2,1-4H3. The molecule has 3 atom stereocenters. The van der Waals surface area contributed by atoms with Crippen LogP contribution in [0.15, 0.2) is 0 Å². The van der Waals surface area contributed by atoms with Crippen LogP contribution in [0.3, 0.4) is 0 Å². The summed E-state index contributed by atoms with van der Waals surface area (Å²) in [6.45, 7) is 8.10. The Morgan fingerprint density at radius 2 is 1.50 bits per heavy atom. The van der Waals surface area contributed by atoms with Gasteiger partial charge >= 0.3 is 0 Å². The third-order valence-corrected chi connectivity index (χ3v) is 4.68. The third-order valence-electron chi connectivity index (χ3n) is 2.29. The highest BCUT2D eigenvalue weighted by molar-refractivity contribution is 7.37. The zero-order valence-electron chi connectivity index (χ0n) is 10.2. The average molecular weight is 270 g/mol. The summed E-state index contributed by atoms with van der Waals surface area (Å²) >= 11 is 0. The van der Waals surface area contributed by atoms with Gasteiger partial charge in [-0.25, -0.2) is 0 Å². The van der Waals surface area contributed by atoms with Gasteiger partial charge < -0.3 is 4.74 Å². The van der Waals surface area contributed by atoms with Crippen LogP contribution in [0.2, 0.25) is 0 Å². The maximum absolute atomic E-state index is 6.09. The fourth-order valence-corrected chi connectivity index (χ4v) is 2.53. The average Bonchev–Trinajstić information content (AvgIpc) is 2.17. The largest absolute Gasteiger partial charge is 0.488 e. The van der Waals surface area contributed by atoms with Crippen LogP contribution in [0.5, 0.6) is 5.75 Å². The van der Waals surface area contributed by atoms with E-state index in [1.165, 1.54) is 5.56 Å². The summed E-state index contributed by atoms with van der Waals surface area (Å²) in [5, 5.41) is 3.15. The number of hydrogen-bond acceptors (Lipinski definition) is 1. The minimum atomic E-state index is -0.247. The van der Waals surface area contributed by atoms with Gasteiger partial charge in [0.1, 0.15) is 19.2 Å². The summed E-state index contributed by atoms with van der Waals surface area (Å²) in [6.07, 6.45) is 0. The van der Waals surface area contributed by atoms with E-state index in [2.05, 4.69) is 34.6 Å². The molecule has 1 rings (SSSR count). The lowest BCUT2D eigenvalue weighted by Gasteiger charge is -2.26. The van der Waals surface area contributed by atoms with Gasteiger partial charge in [-0.3, -0.25) is 0 Å². The van der Waals surface area contributed by atoms with Crippen molar-refractivity contribution in [1.82, 2.24) is 0 Å². The Morgan fingerprint density at radius 3 is 1.94 bits per heavy atom. The highest BCUT2D eigenvalue weighted by atomic mass is 31.0. The summed E-state index contributed by atoms with van der Waals surface area (Å²) in [5.41, 5.74) is 1.62. The lowest BCUT2D eigenvalue weighted by molar-refractivity contribution is 0.134. The summed E-state index contributed by atoms with van der Waals surface area (Å²) in [4.78, 5) is 0. The minimum Gasteiger partial charge on any atom is -0.488 e. The molecule has 16 heavy (non-hydrogen) atoms. The molecule has 3 unspecified atom stereocenters. The molecule has 0 aliphatic heterocycles. The van der Waals surface area contributed by atoms with Crippen molar-refractivity contribution in [3.8, 4) is 5.75 Å².